The number of non-ortho nitro benzene ring substituents is 1. The number of fused-ring (bicyclic) bond motifs is 1. The summed E-state index contributed by atoms with van der Waals surface area (Å²) >= 11 is 3.32. The van der Waals surface area contributed by atoms with E-state index in [2.05, 4.69) is 26.5 Å². The monoisotopic (exact) mass is 430 g/mol. The lowest BCUT2D eigenvalue weighted by atomic mass is 10.2. The molecule has 0 saturated heterocycles. The number of nitro groups is 1. The van der Waals surface area contributed by atoms with E-state index >= 15 is 0 Å². The van der Waals surface area contributed by atoms with Crippen LogP contribution in [-0.2, 0) is 0 Å². The van der Waals surface area contributed by atoms with Gasteiger partial charge in [0.05, 0.1) is 4.92 Å². The van der Waals surface area contributed by atoms with Crippen LogP contribution >= 0.6 is 15.9 Å². The molecule has 2 aromatic carbocycles. The number of hydrogen-bond donors (Lipinski definition) is 2. The molecule has 0 fully saturated rings. The van der Waals surface area contributed by atoms with Crippen LogP contribution in [0.2, 0.25) is 0 Å². The van der Waals surface area contributed by atoms with E-state index in [1.54, 1.807) is 18.2 Å². The van der Waals surface area contributed by atoms with E-state index in [-0.39, 0.29) is 22.4 Å². The molecule has 10 heteroatoms. The van der Waals surface area contributed by atoms with Crippen molar-refractivity contribution in [2.45, 2.75) is 0 Å². The number of nitrogens with two attached hydrogens (primary N) is 1. The van der Waals surface area contributed by atoms with Crippen LogP contribution in [-0.4, -0.2) is 16.7 Å². The first-order valence-corrected chi connectivity index (χ1v) is 8.26. The van der Waals surface area contributed by atoms with Crippen molar-refractivity contribution >= 4 is 44.4 Å². The number of nitrogens with zero attached hydrogens (tertiary/aromatic N) is 2. The molecular formula is C17H11BrN4O5. The fourth-order valence-corrected chi connectivity index (χ4v) is 2.67. The number of hydrogen-bond acceptors (Lipinski definition) is 6. The van der Waals surface area contributed by atoms with Gasteiger partial charge in [-0.05, 0) is 30.3 Å². The van der Waals surface area contributed by atoms with Gasteiger partial charge in [0.25, 0.3) is 17.5 Å². The standard InChI is InChI=1S/C17H11BrN4O5/c18-11-4-5-14-10(6-11)8-13(15(19)23)17(27-14)21-20-16(24)9-2-1-3-12(7-9)22(25)26/h1-8H,(H2,19,23)(H,20,24)/b21-17+. The average Bonchev–Trinajstić information content (AvgIpc) is 2.65. The lowest BCUT2D eigenvalue weighted by Crippen LogP contribution is -2.27. The summed E-state index contributed by atoms with van der Waals surface area (Å²) in [5.74, 6) is -1.50. The predicted molar refractivity (Wildman–Crippen MR) is 98.6 cm³/mol. The smallest absolute Gasteiger partial charge is 0.271 e. The molecule has 0 unspecified atom stereocenters. The molecule has 0 saturated carbocycles. The summed E-state index contributed by atoms with van der Waals surface area (Å²) in [6.07, 6.45) is 0. The fourth-order valence-electron chi connectivity index (χ4n) is 2.29. The van der Waals surface area contributed by atoms with Gasteiger partial charge < -0.3 is 10.2 Å². The quantitative estimate of drug-likeness (QED) is 0.482. The molecule has 0 atom stereocenters. The molecule has 3 N–H and O–H groups in total. The highest BCUT2D eigenvalue weighted by atomic mass is 79.9. The van der Waals surface area contributed by atoms with E-state index in [0.717, 1.165) is 10.5 Å². The molecule has 0 bridgehead atoms. The molecule has 0 aliphatic carbocycles. The average molecular weight is 431 g/mol. The summed E-state index contributed by atoms with van der Waals surface area (Å²) in [5, 5.41) is 15.2. The topological polar surface area (TPSA) is 141 Å². The lowest BCUT2D eigenvalue weighted by molar-refractivity contribution is -0.384. The highest BCUT2D eigenvalue weighted by Gasteiger charge is 2.13. The minimum absolute atomic E-state index is 0.0262. The maximum Gasteiger partial charge on any atom is 0.271 e. The second kappa shape index (κ2) is 7.38. The Balaban J connectivity index is 2.00. The van der Waals surface area contributed by atoms with Crippen LogP contribution < -0.4 is 16.7 Å². The van der Waals surface area contributed by atoms with Gasteiger partial charge in [0.15, 0.2) is 0 Å². The summed E-state index contributed by atoms with van der Waals surface area (Å²) in [4.78, 5) is 34.1. The van der Waals surface area contributed by atoms with E-state index in [4.69, 9.17) is 10.2 Å². The summed E-state index contributed by atoms with van der Waals surface area (Å²) in [6.45, 7) is 0. The van der Waals surface area contributed by atoms with E-state index in [9.17, 15) is 19.7 Å². The van der Waals surface area contributed by atoms with Crippen LogP contribution in [0.5, 0.6) is 0 Å². The molecule has 1 heterocycles. The van der Waals surface area contributed by atoms with Gasteiger partial charge in [0.2, 0.25) is 5.55 Å². The minimum atomic E-state index is -0.788. The van der Waals surface area contributed by atoms with Crippen LogP contribution in [0.15, 0.2) is 62.5 Å². The molecule has 27 heavy (non-hydrogen) atoms. The van der Waals surface area contributed by atoms with Crippen LogP contribution in [0.4, 0.5) is 5.69 Å². The third-order valence-corrected chi connectivity index (χ3v) is 4.05. The summed E-state index contributed by atoms with van der Waals surface area (Å²) in [7, 11) is 0. The van der Waals surface area contributed by atoms with E-state index in [1.807, 2.05) is 0 Å². The Morgan fingerprint density at radius 1 is 1.19 bits per heavy atom. The maximum atomic E-state index is 12.2. The van der Waals surface area contributed by atoms with Gasteiger partial charge in [-0.2, -0.15) is 0 Å². The van der Waals surface area contributed by atoms with Crippen LogP contribution in [0.3, 0.4) is 0 Å². The highest BCUT2D eigenvalue weighted by Crippen LogP contribution is 2.19. The first kappa shape index (κ1) is 18.3. The number of nitrogens with one attached hydrogen (secondary N) is 1. The van der Waals surface area contributed by atoms with Crippen molar-refractivity contribution in [2.24, 2.45) is 10.8 Å². The van der Waals surface area contributed by atoms with Crippen molar-refractivity contribution in [3.8, 4) is 0 Å². The van der Waals surface area contributed by atoms with Gasteiger partial charge in [-0.3, -0.25) is 19.7 Å². The minimum Gasteiger partial charge on any atom is -0.436 e. The van der Waals surface area contributed by atoms with Crippen molar-refractivity contribution in [3.63, 3.8) is 0 Å². The van der Waals surface area contributed by atoms with Gasteiger partial charge in [-0.1, -0.05) is 22.0 Å². The molecule has 0 radical (unpaired) electrons. The molecule has 9 nitrogen and oxygen atoms in total. The van der Waals surface area contributed by atoms with E-state index in [1.165, 1.54) is 24.3 Å². The fraction of sp³-hybridized carbons (Fsp3) is 0. The Bertz CT molecular complexity index is 1160. The Morgan fingerprint density at radius 2 is 1.96 bits per heavy atom. The largest absolute Gasteiger partial charge is 0.436 e. The van der Waals surface area contributed by atoms with Crippen molar-refractivity contribution < 1.29 is 18.9 Å². The van der Waals surface area contributed by atoms with E-state index < -0.39 is 16.7 Å². The van der Waals surface area contributed by atoms with E-state index in [0.29, 0.717) is 11.0 Å². The number of halogens is 1. The normalized spacial score (nSPS) is 11.4. The molecule has 3 rings (SSSR count). The third kappa shape index (κ3) is 4.01. The molecule has 136 valence electrons. The Morgan fingerprint density at radius 3 is 2.67 bits per heavy atom. The number of primary amides is 1. The number of amides is 2. The SMILES string of the molecule is NC(=O)c1cc2cc(Br)ccc2o/c1=N/NC(=O)c1cccc([N+](=O)[O-])c1. The highest BCUT2D eigenvalue weighted by molar-refractivity contribution is 9.10. The Labute approximate surface area is 159 Å². The van der Waals surface area contributed by atoms with Gasteiger partial charge in [0.1, 0.15) is 11.1 Å². The first-order valence-electron chi connectivity index (χ1n) is 7.47. The second-order valence-electron chi connectivity index (χ2n) is 5.37. The summed E-state index contributed by atoms with van der Waals surface area (Å²) < 4.78 is 6.33. The molecule has 2 amide bonds. The zero-order valence-corrected chi connectivity index (χ0v) is 15.1. The van der Waals surface area contributed by atoms with Gasteiger partial charge in [-0.25, -0.2) is 5.43 Å². The number of nitro benzene ring substituents is 1. The van der Waals surface area contributed by atoms with Crippen LogP contribution in [0.25, 0.3) is 11.0 Å². The second-order valence-corrected chi connectivity index (χ2v) is 6.29. The number of carbonyl (C=O) groups excluding carboxylic acids is 2. The molecule has 0 spiro atoms. The van der Waals surface area contributed by atoms with Crippen LogP contribution in [0, 0.1) is 10.1 Å². The predicted octanol–water partition coefficient (Wildman–Crippen LogP) is 2.45. The lowest BCUT2D eigenvalue weighted by Gasteiger charge is -2.03. The zero-order valence-electron chi connectivity index (χ0n) is 13.5. The van der Waals surface area contributed by atoms with Crippen molar-refractivity contribution in [1.82, 2.24) is 5.43 Å². The third-order valence-electron chi connectivity index (χ3n) is 3.55. The van der Waals surface area contributed by atoms with Crippen molar-refractivity contribution in [2.75, 3.05) is 0 Å². The summed E-state index contributed by atoms with van der Waals surface area (Å²) in [5.41, 5.74) is 7.56. The maximum absolute atomic E-state index is 12.2. The number of rotatable bonds is 4. The van der Waals surface area contributed by atoms with Crippen LogP contribution in [0.1, 0.15) is 20.7 Å². The molecule has 3 aromatic rings. The van der Waals surface area contributed by atoms with Crippen molar-refractivity contribution in [3.05, 3.63) is 79.8 Å². The molecule has 1 aromatic heterocycles. The van der Waals surface area contributed by atoms with Gasteiger partial charge in [-0.15, -0.1) is 5.10 Å². The van der Waals surface area contributed by atoms with Crippen molar-refractivity contribution in [1.29, 1.82) is 0 Å². The van der Waals surface area contributed by atoms with Gasteiger partial charge in [0, 0.05) is 27.6 Å². The number of benzene rings is 2. The summed E-state index contributed by atoms with van der Waals surface area (Å²) in [6, 6.07) is 11.8. The Hall–Kier alpha value is -3.53. The zero-order chi connectivity index (χ0) is 19.6. The Kier molecular flexibility index (Phi) is 4.99. The number of carbonyl (C=O) groups is 2. The molecule has 0 aliphatic rings. The van der Waals surface area contributed by atoms with Gasteiger partial charge >= 0.3 is 0 Å². The molecular weight excluding hydrogens is 420 g/mol. The molecule has 0 aliphatic heterocycles. The first-order chi connectivity index (χ1) is 12.8.